The van der Waals surface area contributed by atoms with E-state index in [0.29, 0.717) is 11.3 Å². The van der Waals surface area contributed by atoms with Gasteiger partial charge in [0.2, 0.25) is 0 Å². The van der Waals surface area contributed by atoms with Crippen LogP contribution in [-0.2, 0) is 21.9 Å². The molecule has 2 aromatic heterocycles. The summed E-state index contributed by atoms with van der Waals surface area (Å²) in [6.45, 7) is 6.65. The predicted octanol–water partition coefficient (Wildman–Crippen LogP) is 7.95. The summed E-state index contributed by atoms with van der Waals surface area (Å²) in [5.41, 5.74) is 8.35. The Morgan fingerprint density at radius 3 is 2.00 bits per heavy atom. The van der Waals surface area contributed by atoms with Gasteiger partial charge in [-0.25, -0.2) is 0 Å². The van der Waals surface area contributed by atoms with Crippen molar-refractivity contribution in [2.45, 2.75) is 26.2 Å². The molecule has 0 radical (unpaired) electrons. The molecule has 0 unspecified atom stereocenters. The zero-order chi connectivity index (χ0) is 24.4. The van der Waals surface area contributed by atoms with Crippen molar-refractivity contribution in [3.8, 4) is 50.6 Å². The van der Waals surface area contributed by atoms with Crippen LogP contribution in [0.4, 0.5) is 0 Å². The van der Waals surface area contributed by atoms with Crippen LogP contribution in [0.5, 0.6) is 5.75 Å². The van der Waals surface area contributed by atoms with Gasteiger partial charge >= 0.3 is 0 Å². The monoisotopic (exact) mass is 513 g/mol. The number of pyridine rings is 2. The molecule has 0 aliphatic rings. The van der Waals surface area contributed by atoms with Gasteiger partial charge in [-0.3, -0.25) is 9.97 Å². The van der Waals surface area contributed by atoms with E-state index < -0.39 is 0 Å². The van der Waals surface area contributed by atoms with Crippen LogP contribution in [0.25, 0.3) is 44.9 Å². The molecule has 3 aromatic carbocycles. The number of nitrogens with zero attached hydrogens (tertiary/aromatic N) is 2. The third-order valence-corrected chi connectivity index (χ3v) is 6.10. The van der Waals surface area contributed by atoms with E-state index in [1.165, 1.54) is 5.56 Å². The largest absolute Gasteiger partial charge is 0.507 e. The van der Waals surface area contributed by atoms with Crippen LogP contribution in [0.2, 0.25) is 0 Å². The van der Waals surface area contributed by atoms with E-state index in [-0.39, 0.29) is 27.7 Å². The average molecular weight is 514 g/mol. The first-order valence-electron chi connectivity index (χ1n) is 11.7. The molecular formula is C32H27N2NiO-. The van der Waals surface area contributed by atoms with E-state index in [1.807, 2.05) is 60.7 Å². The molecule has 182 valence electrons. The maximum absolute atomic E-state index is 10.5. The summed E-state index contributed by atoms with van der Waals surface area (Å²) in [6, 6.07) is 35.5. The SMILES string of the molecule is CC(C)(C)c1ccc(-c2cc(-c3[c-]c(-c4ccccn4)ccc3)nc(-c3ccccc3O)c2)cc1.[Ni]. The topological polar surface area (TPSA) is 46.0 Å². The molecular weight excluding hydrogens is 487 g/mol. The number of hydrogen-bond acceptors (Lipinski definition) is 3. The quantitative estimate of drug-likeness (QED) is 0.196. The minimum absolute atomic E-state index is 0. The maximum Gasteiger partial charge on any atom is 0.124 e. The number of hydrogen-bond donors (Lipinski definition) is 1. The predicted molar refractivity (Wildman–Crippen MR) is 143 cm³/mol. The van der Waals surface area contributed by atoms with Gasteiger partial charge in [-0.1, -0.05) is 86.5 Å². The summed E-state index contributed by atoms with van der Waals surface area (Å²) in [6.07, 6.45) is 1.78. The number of phenols is 1. The number of aromatic hydroxyl groups is 1. The van der Waals surface area contributed by atoms with Crippen LogP contribution in [0.1, 0.15) is 26.3 Å². The van der Waals surface area contributed by atoms with E-state index in [2.05, 4.69) is 62.2 Å². The zero-order valence-corrected chi connectivity index (χ0v) is 21.5. The van der Waals surface area contributed by atoms with Crippen molar-refractivity contribution in [1.29, 1.82) is 0 Å². The third kappa shape index (κ3) is 5.40. The van der Waals surface area contributed by atoms with Crippen molar-refractivity contribution in [1.82, 2.24) is 9.97 Å². The molecule has 5 rings (SSSR count). The van der Waals surface area contributed by atoms with E-state index in [1.54, 1.807) is 12.3 Å². The third-order valence-electron chi connectivity index (χ3n) is 6.10. The molecule has 0 saturated carbocycles. The van der Waals surface area contributed by atoms with Gasteiger partial charge < -0.3 is 5.11 Å². The Bertz CT molecular complexity index is 1470. The Balaban J connectivity index is 0.00000304. The summed E-state index contributed by atoms with van der Waals surface area (Å²) in [4.78, 5) is 9.41. The fourth-order valence-electron chi connectivity index (χ4n) is 4.12. The summed E-state index contributed by atoms with van der Waals surface area (Å²) in [5, 5.41) is 10.5. The van der Waals surface area contributed by atoms with E-state index in [4.69, 9.17) is 4.98 Å². The number of para-hydroxylation sites is 1. The molecule has 0 bridgehead atoms. The van der Waals surface area contributed by atoms with Crippen molar-refractivity contribution < 1.29 is 21.6 Å². The van der Waals surface area contributed by atoms with Crippen molar-refractivity contribution in [2.24, 2.45) is 0 Å². The normalized spacial score (nSPS) is 11.1. The second-order valence-corrected chi connectivity index (χ2v) is 9.66. The van der Waals surface area contributed by atoms with Gasteiger partial charge in [0.1, 0.15) is 5.75 Å². The van der Waals surface area contributed by atoms with E-state index >= 15 is 0 Å². The average Bonchev–Trinajstić information content (AvgIpc) is 2.89. The smallest absolute Gasteiger partial charge is 0.124 e. The molecule has 0 saturated heterocycles. The summed E-state index contributed by atoms with van der Waals surface area (Å²) in [7, 11) is 0. The molecule has 0 fully saturated rings. The summed E-state index contributed by atoms with van der Waals surface area (Å²) < 4.78 is 0. The fourth-order valence-corrected chi connectivity index (χ4v) is 4.12. The first-order chi connectivity index (χ1) is 16.9. The van der Waals surface area contributed by atoms with Gasteiger partial charge in [0, 0.05) is 39.6 Å². The molecule has 0 spiro atoms. The van der Waals surface area contributed by atoms with Crippen LogP contribution in [0, 0.1) is 6.07 Å². The second-order valence-electron chi connectivity index (χ2n) is 9.66. The molecule has 3 nitrogen and oxygen atoms in total. The molecule has 0 aliphatic carbocycles. The first kappa shape index (κ1) is 25.3. The standard InChI is InChI=1S/C32H27N2O.Ni/c1-32(2,3)26-16-14-22(15-17-26)25-20-29(34-30(21-25)27-11-4-5-13-31(27)35)24-10-8-9-23(19-24)28-12-6-7-18-33-28;/h4-18,20-21,35H,1-3H3;/q-1;. The van der Waals surface area contributed by atoms with Crippen molar-refractivity contribution in [3.05, 3.63) is 115 Å². The number of rotatable bonds is 4. The molecule has 0 atom stereocenters. The van der Waals surface area contributed by atoms with Gasteiger partial charge in [-0.15, -0.1) is 24.3 Å². The number of phenolic OH excluding ortho intramolecular Hbond substituents is 1. The summed E-state index contributed by atoms with van der Waals surface area (Å²) >= 11 is 0. The van der Waals surface area contributed by atoms with Crippen LogP contribution >= 0.6 is 0 Å². The Morgan fingerprint density at radius 1 is 0.667 bits per heavy atom. The van der Waals surface area contributed by atoms with Gasteiger partial charge in [0.15, 0.2) is 0 Å². The number of benzene rings is 3. The maximum atomic E-state index is 10.5. The van der Waals surface area contributed by atoms with Crippen molar-refractivity contribution in [3.63, 3.8) is 0 Å². The zero-order valence-electron chi connectivity index (χ0n) is 20.5. The Kier molecular flexibility index (Phi) is 7.38. The van der Waals surface area contributed by atoms with Crippen molar-refractivity contribution in [2.75, 3.05) is 0 Å². The Hall–Kier alpha value is -3.75. The minimum atomic E-state index is 0. The molecule has 4 heteroatoms. The Labute approximate surface area is 222 Å². The summed E-state index contributed by atoms with van der Waals surface area (Å²) in [5.74, 6) is 0.206. The molecule has 5 aromatic rings. The van der Waals surface area contributed by atoms with Gasteiger partial charge in [0.25, 0.3) is 0 Å². The second kappa shape index (κ2) is 10.5. The molecule has 0 aliphatic heterocycles. The fraction of sp³-hybridized carbons (Fsp3) is 0.125. The van der Waals surface area contributed by atoms with Crippen molar-refractivity contribution >= 4 is 0 Å². The van der Waals surface area contributed by atoms with Crippen LogP contribution in [0.3, 0.4) is 0 Å². The first-order valence-corrected chi connectivity index (χ1v) is 11.7. The molecule has 1 N–H and O–H groups in total. The van der Waals surface area contributed by atoms with Crippen LogP contribution < -0.4 is 0 Å². The molecule has 0 amide bonds. The van der Waals surface area contributed by atoms with Gasteiger partial charge in [0.05, 0.1) is 5.69 Å². The van der Waals surface area contributed by atoms with E-state index in [9.17, 15) is 5.11 Å². The molecule has 2 heterocycles. The van der Waals surface area contributed by atoms with E-state index in [0.717, 1.165) is 33.6 Å². The Morgan fingerprint density at radius 2 is 1.33 bits per heavy atom. The minimum Gasteiger partial charge on any atom is -0.507 e. The van der Waals surface area contributed by atoms with Gasteiger partial charge in [-0.05, 0) is 46.4 Å². The van der Waals surface area contributed by atoms with Crippen LogP contribution in [0.15, 0.2) is 103 Å². The molecule has 36 heavy (non-hydrogen) atoms. The van der Waals surface area contributed by atoms with Gasteiger partial charge in [-0.2, -0.15) is 0 Å². The van der Waals surface area contributed by atoms with Crippen LogP contribution in [-0.4, -0.2) is 15.1 Å². The number of aromatic nitrogens is 2.